The fourth-order valence-electron chi connectivity index (χ4n) is 1.27. The molecule has 3 N–H and O–H groups in total. The number of carbonyl (C=O) groups is 1. The molecule has 0 spiro atoms. The van der Waals surface area contributed by atoms with Crippen LogP contribution in [0.15, 0.2) is 30.3 Å². The number of benzene rings is 1. The first-order valence-corrected chi connectivity index (χ1v) is 6.70. The summed E-state index contributed by atoms with van der Waals surface area (Å²) in [5, 5.41) is 2.78. The summed E-state index contributed by atoms with van der Waals surface area (Å²) in [5.74, 6) is 3.92. The smallest absolute Gasteiger partial charge is 0.244 e. The molecule has 0 saturated heterocycles. The summed E-state index contributed by atoms with van der Waals surface area (Å²) in [6, 6.07) is 7.36. The van der Waals surface area contributed by atoms with Crippen molar-refractivity contribution in [2.45, 2.75) is 0 Å². The van der Waals surface area contributed by atoms with Gasteiger partial charge in [-0.3, -0.25) is 4.79 Å². The minimum Gasteiger partial charge on any atom is -0.399 e. The lowest BCUT2D eigenvalue weighted by molar-refractivity contribution is -0.116. The lowest BCUT2D eigenvalue weighted by Gasteiger charge is -2.00. The van der Waals surface area contributed by atoms with E-state index in [1.165, 1.54) is 6.08 Å². The summed E-state index contributed by atoms with van der Waals surface area (Å²) in [7, 11) is 0. The van der Waals surface area contributed by atoms with Crippen molar-refractivity contribution in [2.75, 3.05) is 23.8 Å². The molecule has 94 valence electrons. The van der Waals surface area contributed by atoms with Crippen molar-refractivity contribution < 1.29 is 4.79 Å². The number of terminal acetylenes is 1. The highest BCUT2D eigenvalue weighted by molar-refractivity contribution is 7.99. The maximum Gasteiger partial charge on any atom is 0.244 e. The Bertz CT molecular complexity index is 463. The maximum atomic E-state index is 11.5. The van der Waals surface area contributed by atoms with E-state index in [0.717, 1.165) is 11.3 Å². The van der Waals surface area contributed by atoms with Crippen LogP contribution in [0.2, 0.25) is 0 Å². The zero-order valence-corrected chi connectivity index (χ0v) is 10.9. The van der Waals surface area contributed by atoms with Crippen molar-refractivity contribution in [1.29, 1.82) is 0 Å². The van der Waals surface area contributed by atoms with Gasteiger partial charge in [-0.05, 0) is 23.8 Å². The van der Waals surface area contributed by atoms with Gasteiger partial charge in [0.1, 0.15) is 0 Å². The molecule has 1 rings (SSSR count). The number of amides is 1. The molecular weight excluding hydrogens is 244 g/mol. The highest BCUT2D eigenvalue weighted by atomic mass is 32.2. The summed E-state index contributed by atoms with van der Waals surface area (Å²) in [5.41, 5.74) is 7.23. The minimum atomic E-state index is -0.112. The van der Waals surface area contributed by atoms with Gasteiger partial charge in [0.25, 0.3) is 0 Å². The minimum absolute atomic E-state index is 0.112. The molecule has 1 amide bonds. The van der Waals surface area contributed by atoms with E-state index in [1.54, 1.807) is 23.9 Å². The van der Waals surface area contributed by atoms with Crippen LogP contribution >= 0.6 is 11.8 Å². The van der Waals surface area contributed by atoms with Crippen LogP contribution in [0, 0.1) is 12.3 Å². The molecule has 0 saturated carbocycles. The van der Waals surface area contributed by atoms with Crippen LogP contribution in [0.4, 0.5) is 5.69 Å². The molecule has 0 aromatic heterocycles. The summed E-state index contributed by atoms with van der Waals surface area (Å²) in [4.78, 5) is 11.5. The maximum absolute atomic E-state index is 11.5. The van der Waals surface area contributed by atoms with E-state index in [0.29, 0.717) is 18.0 Å². The Morgan fingerprint density at radius 3 is 3.11 bits per heavy atom. The van der Waals surface area contributed by atoms with Crippen LogP contribution in [0.25, 0.3) is 6.08 Å². The van der Waals surface area contributed by atoms with Gasteiger partial charge in [-0.2, -0.15) is 0 Å². The Morgan fingerprint density at radius 2 is 2.39 bits per heavy atom. The van der Waals surface area contributed by atoms with Crippen molar-refractivity contribution in [3.63, 3.8) is 0 Å². The average Bonchev–Trinajstić information content (AvgIpc) is 2.36. The van der Waals surface area contributed by atoms with E-state index in [1.807, 2.05) is 18.2 Å². The van der Waals surface area contributed by atoms with Crippen molar-refractivity contribution in [3.8, 4) is 12.3 Å². The van der Waals surface area contributed by atoms with Gasteiger partial charge >= 0.3 is 0 Å². The Labute approximate surface area is 112 Å². The molecule has 1 aromatic carbocycles. The second-order valence-corrected chi connectivity index (χ2v) is 4.66. The Hall–Kier alpha value is -1.86. The second kappa shape index (κ2) is 8.26. The lowest BCUT2D eigenvalue weighted by Crippen LogP contribution is -2.23. The Kier molecular flexibility index (Phi) is 6.52. The molecule has 0 atom stereocenters. The first-order valence-electron chi connectivity index (χ1n) is 5.55. The molecule has 4 heteroatoms. The molecule has 0 heterocycles. The first-order chi connectivity index (χ1) is 8.72. The average molecular weight is 260 g/mol. The van der Waals surface area contributed by atoms with Gasteiger partial charge in [-0.25, -0.2) is 0 Å². The largest absolute Gasteiger partial charge is 0.399 e. The number of rotatable bonds is 6. The molecule has 0 aliphatic rings. The van der Waals surface area contributed by atoms with Crippen LogP contribution in [-0.2, 0) is 4.79 Å². The van der Waals surface area contributed by atoms with Gasteiger partial charge in [0.05, 0.1) is 5.75 Å². The topological polar surface area (TPSA) is 55.1 Å². The number of nitrogen functional groups attached to an aromatic ring is 1. The number of nitrogens with one attached hydrogen (secondary N) is 1. The summed E-state index contributed by atoms with van der Waals surface area (Å²) in [6.45, 7) is 0.618. The predicted octanol–water partition coefficient (Wildman–Crippen LogP) is 1.76. The molecule has 0 aliphatic carbocycles. The monoisotopic (exact) mass is 260 g/mol. The summed E-state index contributed by atoms with van der Waals surface area (Å²) >= 11 is 1.62. The van der Waals surface area contributed by atoms with E-state index >= 15 is 0 Å². The predicted molar refractivity (Wildman–Crippen MR) is 79.1 cm³/mol. The fourth-order valence-corrected chi connectivity index (χ4v) is 1.78. The molecular formula is C14H16N2OS. The zero-order valence-electron chi connectivity index (χ0n) is 10.1. The third-order valence-electron chi connectivity index (χ3n) is 2.07. The summed E-state index contributed by atoms with van der Waals surface area (Å²) < 4.78 is 0. The van der Waals surface area contributed by atoms with Crippen LogP contribution in [0.3, 0.4) is 0 Å². The van der Waals surface area contributed by atoms with Crippen molar-refractivity contribution >= 4 is 29.4 Å². The highest BCUT2D eigenvalue weighted by Gasteiger charge is 1.95. The third-order valence-corrected chi connectivity index (χ3v) is 2.93. The van der Waals surface area contributed by atoms with Gasteiger partial charge in [0.2, 0.25) is 5.91 Å². The van der Waals surface area contributed by atoms with Gasteiger partial charge in [0.15, 0.2) is 0 Å². The van der Waals surface area contributed by atoms with Crippen LogP contribution in [-0.4, -0.2) is 24.0 Å². The van der Waals surface area contributed by atoms with Gasteiger partial charge < -0.3 is 11.1 Å². The number of hydrogen-bond acceptors (Lipinski definition) is 3. The fraction of sp³-hybridized carbons (Fsp3) is 0.214. The van der Waals surface area contributed by atoms with E-state index < -0.39 is 0 Å². The van der Waals surface area contributed by atoms with E-state index in [2.05, 4.69) is 11.2 Å². The van der Waals surface area contributed by atoms with Gasteiger partial charge in [-0.15, -0.1) is 18.2 Å². The summed E-state index contributed by atoms with van der Waals surface area (Å²) in [6.07, 6.45) is 8.35. The standard InChI is InChI=1S/C14H16N2OS/c1-2-9-18-10-8-16-14(17)7-6-12-4-3-5-13(15)11-12/h1,3-7,11H,8-10,15H2,(H,16,17)/b7-6+. The number of carbonyl (C=O) groups excluding carboxylic acids is 1. The normalized spacial score (nSPS) is 10.2. The van der Waals surface area contributed by atoms with Crippen LogP contribution in [0.5, 0.6) is 0 Å². The SMILES string of the molecule is C#CCSCCNC(=O)/C=C/c1cccc(N)c1. The molecule has 0 bridgehead atoms. The van der Waals surface area contributed by atoms with E-state index in [9.17, 15) is 4.79 Å². The highest BCUT2D eigenvalue weighted by Crippen LogP contribution is 2.07. The number of hydrogen-bond donors (Lipinski definition) is 2. The molecule has 0 unspecified atom stereocenters. The van der Waals surface area contributed by atoms with E-state index in [4.69, 9.17) is 12.2 Å². The molecule has 18 heavy (non-hydrogen) atoms. The Morgan fingerprint density at radius 1 is 1.56 bits per heavy atom. The lowest BCUT2D eigenvalue weighted by atomic mass is 10.2. The van der Waals surface area contributed by atoms with Gasteiger partial charge in [0, 0.05) is 24.1 Å². The third kappa shape index (κ3) is 6.02. The van der Waals surface area contributed by atoms with Crippen molar-refractivity contribution in [3.05, 3.63) is 35.9 Å². The molecule has 3 nitrogen and oxygen atoms in total. The van der Waals surface area contributed by atoms with Crippen molar-refractivity contribution in [1.82, 2.24) is 5.32 Å². The quantitative estimate of drug-likeness (QED) is 0.355. The van der Waals surface area contributed by atoms with Gasteiger partial charge in [-0.1, -0.05) is 18.1 Å². The Balaban J connectivity index is 2.30. The van der Waals surface area contributed by atoms with Crippen LogP contribution in [0.1, 0.15) is 5.56 Å². The number of anilines is 1. The first kappa shape index (κ1) is 14.2. The van der Waals surface area contributed by atoms with E-state index in [-0.39, 0.29) is 5.91 Å². The zero-order chi connectivity index (χ0) is 13.2. The van der Waals surface area contributed by atoms with Crippen LogP contribution < -0.4 is 11.1 Å². The molecule has 0 fully saturated rings. The second-order valence-electron chi connectivity index (χ2n) is 3.55. The number of thioether (sulfide) groups is 1. The molecule has 1 aromatic rings. The molecule has 0 radical (unpaired) electrons. The number of nitrogens with two attached hydrogens (primary N) is 1. The van der Waals surface area contributed by atoms with Crippen molar-refractivity contribution in [2.24, 2.45) is 0 Å². The molecule has 0 aliphatic heterocycles.